The second-order valence-electron chi connectivity index (χ2n) is 5.90. The molecule has 1 amide bonds. The van der Waals surface area contributed by atoms with Gasteiger partial charge in [-0.25, -0.2) is 4.98 Å². The molecule has 0 fully saturated rings. The fraction of sp³-hybridized carbons (Fsp3) is 0.222. The number of nitrogens with one attached hydrogen (secondary N) is 1. The molecule has 1 heterocycles. The molecule has 2 atom stereocenters. The third kappa shape index (κ3) is 3.29. The van der Waals surface area contributed by atoms with Crippen LogP contribution < -0.4 is 5.32 Å². The molecule has 3 aromatic rings. The van der Waals surface area contributed by atoms with E-state index in [1.54, 1.807) is 42.1 Å². The lowest BCUT2D eigenvalue weighted by atomic mass is 9.86. The van der Waals surface area contributed by atoms with Gasteiger partial charge in [-0.1, -0.05) is 18.2 Å². The fourth-order valence-corrected chi connectivity index (χ4v) is 3.13. The van der Waals surface area contributed by atoms with E-state index in [4.69, 9.17) is 0 Å². The lowest BCUT2D eigenvalue weighted by molar-refractivity contribution is 0.0474. The van der Waals surface area contributed by atoms with E-state index in [-0.39, 0.29) is 18.9 Å². The van der Waals surface area contributed by atoms with E-state index in [0.29, 0.717) is 16.8 Å². The van der Waals surface area contributed by atoms with Crippen LogP contribution in [0.2, 0.25) is 0 Å². The van der Waals surface area contributed by atoms with Gasteiger partial charge in [-0.15, -0.1) is 0 Å². The molecule has 0 aliphatic heterocycles. The van der Waals surface area contributed by atoms with Crippen molar-refractivity contribution >= 4 is 26.1 Å². The van der Waals surface area contributed by atoms with Gasteiger partial charge in [-0.3, -0.25) is 4.79 Å². The summed E-state index contributed by atoms with van der Waals surface area (Å²) in [5, 5.41) is 25.0. The Kier molecular flexibility index (Phi) is 4.86. The van der Waals surface area contributed by atoms with Crippen molar-refractivity contribution in [2.24, 2.45) is 0 Å². The van der Waals surface area contributed by atoms with Crippen LogP contribution >= 0.6 is 9.39 Å². The van der Waals surface area contributed by atoms with Gasteiger partial charge >= 0.3 is 0 Å². The Morgan fingerprint density at radius 1 is 1.28 bits per heavy atom. The zero-order valence-corrected chi connectivity index (χ0v) is 15.0. The van der Waals surface area contributed by atoms with Crippen molar-refractivity contribution in [3.8, 4) is 0 Å². The monoisotopic (exact) mass is 357 g/mol. The highest BCUT2D eigenvalue weighted by Crippen LogP contribution is 2.34. The number of aliphatic hydroxyl groups is 2. The van der Waals surface area contributed by atoms with Crippen molar-refractivity contribution in [3.05, 3.63) is 65.7 Å². The van der Waals surface area contributed by atoms with E-state index in [2.05, 4.69) is 19.7 Å². The summed E-state index contributed by atoms with van der Waals surface area (Å²) in [4.78, 5) is 16.0. The van der Waals surface area contributed by atoms with E-state index >= 15 is 0 Å². The Morgan fingerprint density at radius 2 is 2.00 bits per heavy atom. The molecule has 3 N–H and O–H groups in total. The summed E-state index contributed by atoms with van der Waals surface area (Å²) >= 11 is 0. The lowest BCUT2D eigenvalue weighted by Gasteiger charge is -2.26. The smallest absolute Gasteiger partial charge is 0.251 e. The number of hydrogen-bond donors (Lipinski definition) is 3. The third-order valence-corrected chi connectivity index (χ3v) is 4.59. The zero-order valence-electron chi connectivity index (χ0n) is 13.8. The first-order chi connectivity index (χ1) is 12.0. The van der Waals surface area contributed by atoms with E-state index < -0.39 is 5.60 Å². The molecule has 0 saturated carbocycles. The average Bonchev–Trinajstić information content (AvgIpc) is 3.07. The second kappa shape index (κ2) is 6.92. The molecular formula is C18H20N3O3P. The predicted molar refractivity (Wildman–Crippen MR) is 99.4 cm³/mol. The zero-order chi connectivity index (χ0) is 18.0. The highest BCUT2D eigenvalue weighted by molar-refractivity contribution is 7.14. The van der Waals surface area contributed by atoms with E-state index in [9.17, 15) is 15.0 Å². The summed E-state index contributed by atoms with van der Waals surface area (Å²) in [7, 11) is 4.06. The first-order valence-corrected chi connectivity index (χ1v) is 8.39. The first kappa shape index (κ1) is 17.5. The second-order valence-corrected chi connectivity index (χ2v) is 6.49. The molecule has 2 aromatic carbocycles. The van der Waals surface area contributed by atoms with Crippen molar-refractivity contribution in [2.45, 2.75) is 12.0 Å². The lowest BCUT2D eigenvalue weighted by Crippen LogP contribution is -2.29. The number of benzene rings is 2. The molecule has 2 unspecified atom stereocenters. The molecule has 130 valence electrons. The number of imidazole rings is 1. The van der Waals surface area contributed by atoms with Gasteiger partial charge in [0.1, 0.15) is 5.60 Å². The number of aliphatic hydroxyl groups excluding tert-OH is 1. The van der Waals surface area contributed by atoms with Crippen LogP contribution in [0.25, 0.3) is 10.8 Å². The maximum absolute atomic E-state index is 11.8. The van der Waals surface area contributed by atoms with Crippen LogP contribution in [0.4, 0.5) is 0 Å². The average molecular weight is 357 g/mol. The minimum atomic E-state index is -1.38. The topological polar surface area (TPSA) is 87.4 Å². The summed E-state index contributed by atoms with van der Waals surface area (Å²) in [6, 6.07) is 10.9. The molecular weight excluding hydrogens is 337 g/mol. The molecule has 0 aliphatic carbocycles. The highest BCUT2D eigenvalue weighted by Gasteiger charge is 2.33. The Balaban J connectivity index is 2.08. The maximum atomic E-state index is 11.8. The van der Waals surface area contributed by atoms with E-state index in [0.717, 1.165) is 10.8 Å². The number of hydrogen-bond acceptors (Lipinski definition) is 4. The molecule has 1 aromatic heterocycles. The number of rotatable bonds is 5. The van der Waals surface area contributed by atoms with Crippen LogP contribution in [-0.2, 0) is 5.60 Å². The number of amides is 1. The molecule has 0 aliphatic rings. The summed E-state index contributed by atoms with van der Waals surface area (Å²) in [5.74, 6) is -0.145. The number of fused-ring (bicyclic) bond motifs is 1. The molecule has 0 radical (unpaired) electrons. The van der Waals surface area contributed by atoms with Gasteiger partial charge in [0, 0.05) is 31.8 Å². The van der Waals surface area contributed by atoms with E-state index in [1.807, 2.05) is 18.2 Å². The van der Waals surface area contributed by atoms with E-state index in [1.165, 1.54) is 0 Å². The third-order valence-electron chi connectivity index (χ3n) is 4.31. The summed E-state index contributed by atoms with van der Waals surface area (Å²) in [5.41, 5.74) is 0.308. The van der Waals surface area contributed by atoms with Crippen LogP contribution in [0.1, 0.15) is 28.0 Å². The van der Waals surface area contributed by atoms with Crippen LogP contribution in [0, 0.1) is 0 Å². The van der Waals surface area contributed by atoms with Crippen LogP contribution in [0.5, 0.6) is 0 Å². The maximum Gasteiger partial charge on any atom is 0.251 e. The fourth-order valence-electron chi connectivity index (χ4n) is 2.92. The van der Waals surface area contributed by atoms with Gasteiger partial charge < -0.3 is 19.9 Å². The Bertz CT molecular complexity index is 925. The molecule has 6 nitrogen and oxygen atoms in total. The highest BCUT2D eigenvalue weighted by atomic mass is 31.0. The Morgan fingerprint density at radius 3 is 2.64 bits per heavy atom. The normalized spacial score (nSPS) is 13.6. The minimum Gasteiger partial charge on any atom is -0.396 e. The van der Waals surface area contributed by atoms with Gasteiger partial charge in [0.2, 0.25) is 0 Å². The van der Waals surface area contributed by atoms with Crippen LogP contribution in [-0.4, -0.2) is 39.1 Å². The molecule has 7 heteroatoms. The minimum absolute atomic E-state index is 0.135. The number of nitrogens with zero attached hydrogens (tertiary/aromatic N) is 2. The molecule has 0 spiro atoms. The molecule has 0 saturated heterocycles. The molecule has 3 rings (SSSR count). The SMILES string of the molecule is CNC(=O)c1ccc2cc(C(O)(CCO)c3cn(P)cn3)ccc2c1. The molecule has 25 heavy (non-hydrogen) atoms. The van der Waals surface area contributed by atoms with Crippen molar-refractivity contribution in [1.29, 1.82) is 0 Å². The quantitative estimate of drug-likeness (QED) is 0.606. The van der Waals surface area contributed by atoms with Crippen LogP contribution in [0.15, 0.2) is 48.9 Å². The summed E-state index contributed by atoms with van der Waals surface area (Å²) in [6.07, 6.45) is 3.43. The van der Waals surface area contributed by atoms with Crippen LogP contribution in [0.3, 0.4) is 0 Å². The number of carbonyl (C=O) groups is 1. The van der Waals surface area contributed by atoms with Gasteiger partial charge in [-0.05, 0) is 43.9 Å². The first-order valence-electron chi connectivity index (χ1n) is 7.87. The standard InChI is InChI=1S/C18H20N3O3P/c1-19-17(23)14-3-2-13-9-15(5-4-12(13)8-14)18(24,6-7-22)16-10-21(25)11-20-16/h2-5,8-11,22,24H,6-7,25H2,1H3,(H,19,23). The van der Waals surface area contributed by atoms with Gasteiger partial charge in [0.05, 0.1) is 12.0 Å². The van der Waals surface area contributed by atoms with Gasteiger partial charge in [-0.2, -0.15) is 0 Å². The van der Waals surface area contributed by atoms with Crippen molar-refractivity contribution in [2.75, 3.05) is 13.7 Å². The Labute approximate surface area is 147 Å². The summed E-state index contributed by atoms with van der Waals surface area (Å²) < 4.78 is 1.67. The van der Waals surface area contributed by atoms with Crippen molar-refractivity contribution in [1.82, 2.24) is 14.6 Å². The van der Waals surface area contributed by atoms with Crippen molar-refractivity contribution in [3.63, 3.8) is 0 Å². The predicted octanol–water partition coefficient (Wildman–Crippen LogP) is 1.65. The Hall–Kier alpha value is -2.27. The molecule has 0 bridgehead atoms. The van der Waals surface area contributed by atoms with Gasteiger partial charge in [0.25, 0.3) is 5.91 Å². The van der Waals surface area contributed by atoms with Crippen molar-refractivity contribution < 1.29 is 15.0 Å². The number of aromatic nitrogens is 2. The largest absolute Gasteiger partial charge is 0.396 e. The summed E-state index contributed by atoms with van der Waals surface area (Å²) in [6.45, 7) is -0.173. The number of carbonyl (C=O) groups excluding carboxylic acids is 1. The van der Waals surface area contributed by atoms with Gasteiger partial charge in [0.15, 0.2) is 0 Å².